The molecule has 0 unspecified atom stereocenters. The molecule has 3 aromatic carbocycles. The monoisotopic (exact) mass is 615 g/mol. The average molecular weight is 616 g/mol. The number of nitro benzene ring substituents is 1. The zero-order valence-electron chi connectivity index (χ0n) is 24.4. The van der Waals surface area contributed by atoms with Gasteiger partial charge in [-0.3, -0.25) is 19.5 Å². The summed E-state index contributed by atoms with van der Waals surface area (Å²) in [6, 6.07) is 17.9. The maximum atomic E-state index is 13.9. The Kier molecular flexibility index (Phi) is 8.91. The number of ether oxygens (including phenoxy) is 4. The molecular weight excluding hydrogens is 586 g/mol. The number of esters is 1. The third-order valence-electron chi connectivity index (χ3n) is 6.97. The van der Waals surface area contributed by atoms with Gasteiger partial charge < -0.3 is 18.9 Å². The SMILES string of the molecule is CCOC(=O)C1=C(C)N=c2s/c(=C/c3ccc(OCc4ccc([N+](=O)[O-])cc4)cc3)c(=O)n2[C@H]1c1ccc(OC)c(OC)c1. The molecule has 1 atom stereocenters. The molecule has 0 spiro atoms. The second kappa shape index (κ2) is 13.0. The summed E-state index contributed by atoms with van der Waals surface area (Å²) in [7, 11) is 3.05. The van der Waals surface area contributed by atoms with Gasteiger partial charge in [0.05, 0.1) is 47.6 Å². The summed E-state index contributed by atoms with van der Waals surface area (Å²) in [6.45, 7) is 3.87. The summed E-state index contributed by atoms with van der Waals surface area (Å²) >= 11 is 1.23. The molecule has 2 heterocycles. The van der Waals surface area contributed by atoms with E-state index in [1.54, 1.807) is 62.4 Å². The van der Waals surface area contributed by atoms with Gasteiger partial charge in [-0.2, -0.15) is 0 Å². The number of methoxy groups -OCH3 is 2. The molecule has 0 aliphatic carbocycles. The first-order valence-corrected chi connectivity index (χ1v) is 14.4. The first-order valence-electron chi connectivity index (χ1n) is 13.6. The molecular formula is C32H29N3O8S. The molecule has 4 aromatic rings. The third kappa shape index (κ3) is 6.11. The largest absolute Gasteiger partial charge is 0.493 e. The number of nitrogens with zero attached hydrogens (tertiary/aromatic N) is 3. The maximum Gasteiger partial charge on any atom is 0.338 e. The van der Waals surface area contributed by atoms with Crippen molar-refractivity contribution in [3.63, 3.8) is 0 Å². The van der Waals surface area contributed by atoms with Crippen LogP contribution in [-0.4, -0.2) is 36.3 Å². The number of fused-ring (bicyclic) bond motifs is 1. The summed E-state index contributed by atoms with van der Waals surface area (Å²) in [6.07, 6.45) is 1.76. The fourth-order valence-corrected chi connectivity index (χ4v) is 5.87. The van der Waals surface area contributed by atoms with Crippen LogP contribution in [0.15, 0.2) is 87.8 Å². The van der Waals surface area contributed by atoms with E-state index in [9.17, 15) is 19.7 Å². The van der Waals surface area contributed by atoms with Crippen LogP contribution >= 0.6 is 11.3 Å². The molecule has 0 saturated heterocycles. The second-order valence-corrected chi connectivity index (χ2v) is 10.7. The molecule has 1 aliphatic rings. The Morgan fingerprint density at radius 1 is 1.05 bits per heavy atom. The van der Waals surface area contributed by atoms with Gasteiger partial charge in [-0.05, 0) is 73.0 Å². The highest BCUT2D eigenvalue weighted by Crippen LogP contribution is 2.36. The summed E-state index contributed by atoms with van der Waals surface area (Å²) in [5, 5.41) is 10.9. The highest BCUT2D eigenvalue weighted by atomic mass is 32.1. The quantitative estimate of drug-likeness (QED) is 0.147. The summed E-state index contributed by atoms with van der Waals surface area (Å²) < 4.78 is 24.0. The first kappa shape index (κ1) is 30.2. The van der Waals surface area contributed by atoms with Crippen molar-refractivity contribution >= 4 is 29.1 Å². The number of hydrogen-bond donors (Lipinski definition) is 0. The highest BCUT2D eigenvalue weighted by Gasteiger charge is 2.34. The van der Waals surface area contributed by atoms with Gasteiger partial charge in [0, 0.05) is 12.1 Å². The van der Waals surface area contributed by atoms with Crippen molar-refractivity contribution in [2.24, 2.45) is 4.99 Å². The predicted molar refractivity (Wildman–Crippen MR) is 164 cm³/mol. The molecule has 0 radical (unpaired) electrons. The number of carbonyl (C=O) groups is 1. The lowest BCUT2D eigenvalue weighted by molar-refractivity contribution is -0.384. The molecule has 0 N–H and O–H groups in total. The van der Waals surface area contributed by atoms with Crippen LogP contribution in [0, 0.1) is 10.1 Å². The zero-order valence-corrected chi connectivity index (χ0v) is 25.3. The van der Waals surface area contributed by atoms with Gasteiger partial charge >= 0.3 is 5.97 Å². The summed E-state index contributed by atoms with van der Waals surface area (Å²) in [5.41, 5.74) is 2.65. The lowest BCUT2D eigenvalue weighted by Gasteiger charge is -2.25. The standard InChI is InChI=1S/C32H29N3O8S/c1-5-42-31(37)28-19(2)33-32-34(29(28)22-10-15-25(40-3)26(17-22)41-4)30(36)27(44-32)16-20-8-13-24(14-9-20)43-18-21-6-11-23(12-7-21)35(38)39/h6-17,29H,5,18H2,1-4H3/b27-16+/t29-/m0/s1. The van der Waals surface area contributed by atoms with E-state index in [1.165, 1.54) is 42.3 Å². The van der Waals surface area contributed by atoms with Crippen LogP contribution in [0.25, 0.3) is 6.08 Å². The number of non-ortho nitro benzene ring substituents is 1. The Bertz CT molecular complexity index is 1930. The molecule has 5 rings (SSSR count). The Morgan fingerprint density at radius 2 is 1.75 bits per heavy atom. The van der Waals surface area contributed by atoms with Crippen LogP contribution in [0.4, 0.5) is 5.69 Å². The van der Waals surface area contributed by atoms with E-state index < -0.39 is 16.9 Å². The van der Waals surface area contributed by atoms with Gasteiger partial charge in [-0.1, -0.05) is 29.5 Å². The van der Waals surface area contributed by atoms with Crippen LogP contribution in [0.1, 0.15) is 36.6 Å². The number of hydrogen-bond acceptors (Lipinski definition) is 10. The number of rotatable bonds is 10. The predicted octanol–water partition coefficient (Wildman–Crippen LogP) is 4.30. The minimum absolute atomic E-state index is 0.0192. The Labute approximate surface area is 256 Å². The van der Waals surface area contributed by atoms with E-state index in [4.69, 9.17) is 18.9 Å². The Hall–Kier alpha value is -5.23. The van der Waals surface area contributed by atoms with Crippen molar-refractivity contribution in [1.82, 2.24) is 4.57 Å². The van der Waals surface area contributed by atoms with Gasteiger partial charge in [0.1, 0.15) is 12.4 Å². The van der Waals surface area contributed by atoms with Crippen LogP contribution in [-0.2, 0) is 16.1 Å². The minimum atomic E-state index is -0.789. The number of benzene rings is 3. The third-order valence-corrected chi connectivity index (χ3v) is 7.95. The smallest absolute Gasteiger partial charge is 0.338 e. The van der Waals surface area contributed by atoms with Crippen LogP contribution in [0.3, 0.4) is 0 Å². The number of carbonyl (C=O) groups excluding carboxylic acids is 1. The Balaban J connectivity index is 1.48. The van der Waals surface area contributed by atoms with Crippen molar-refractivity contribution in [3.05, 3.63) is 124 Å². The fraction of sp³-hybridized carbons (Fsp3) is 0.219. The van der Waals surface area contributed by atoms with E-state index in [1.807, 2.05) is 12.1 Å². The summed E-state index contributed by atoms with van der Waals surface area (Å²) in [4.78, 5) is 42.5. The van der Waals surface area contributed by atoms with E-state index >= 15 is 0 Å². The molecule has 12 heteroatoms. The van der Waals surface area contributed by atoms with E-state index in [2.05, 4.69) is 4.99 Å². The lowest BCUT2D eigenvalue weighted by atomic mass is 9.95. The minimum Gasteiger partial charge on any atom is -0.493 e. The van der Waals surface area contributed by atoms with Gasteiger partial charge in [-0.25, -0.2) is 9.79 Å². The van der Waals surface area contributed by atoms with Crippen LogP contribution in [0.2, 0.25) is 0 Å². The fourth-order valence-electron chi connectivity index (χ4n) is 4.82. The van der Waals surface area contributed by atoms with Gasteiger partial charge in [0.2, 0.25) is 0 Å². The second-order valence-electron chi connectivity index (χ2n) is 9.70. The molecule has 44 heavy (non-hydrogen) atoms. The normalized spacial score (nSPS) is 14.5. The van der Waals surface area contributed by atoms with E-state index in [-0.39, 0.29) is 30.0 Å². The molecule has 1 aliphatic heterocycles. The molecule has 0 fully saturated rings. The topological polar surface area (TPSA) is 131 Å². The Morgan fingerprint density at radius 3 is 2.39 bits per heavy atom. The average Bonchev–Trinajstić information content (AvgIpc) is 3.33. The maximum absolute atomic E-state index is 13.9. The molecule has 0 amide bonds. The molecule has 1 aromatic heterocycles. The number of aromatic nitrogens is 1. The van der Waals surface area contributed by atoms with Crippen molar-refractivity contribution in [1.29, 1.82) is 0 Å². The lowest BCUT2D eigenvalue weighted by Crippen LogP contribution is -2.39. The molecule has 0 saturated carbocycles. The van der Waals surface area contributed by atoms with Crippen molar-refractivity contribution < 1.29 is 28.7 Å². The van der Waals surface area contributed by atoms with Crippen molar-refractivity contribution in [3.8, 4) is 17.2 Å². The molecule has 226 valence electrons. The highest BCUT2D eigenvalue weighted by molar-refractivity contribution is 7.07. The van der Waals surface area contributed by atoms with Crippen molar-refractivity contribution in [2.75, 3.05) is 20.8 Å². The first-order chi connectivity index (χ1) is 21.2. The van der Waals surface area contributed by atoms with E-state index in [0.717, 1.165) is 11.1 Å². The van der Waals surface area contributed by atoms with Crippen LogP contribution < -0.4 is 29.1 Å². The van der Waals surface area contributed by atoms with Gasteiger partial charge in [0.15, 0.2) is 16.3 Å². The van der Waals surface area contributed by atoms with Crippen molar-refractivity contribution in [2.45, 2.75) is 26.5 Å². The van der Waals surface area contributed by atoms with Gasteiger partial charge in [0.25, 0.3) is 11.2 Å². The molecule has 11 nitrogen and oxygen atoms in total. The molecule has 0 bridgehead atoms. The van der Waals surface area contributed by atoms with Gasteiger partial charge in [-0.15, -0.1) is 0 Å². The zero-order chi connectivity index (χ0) is 31.4. The van der Waals surface area contributed by atoms with Crippen LogP contribution in [0.5, 0.6) is 17.2 Å². The number of allylic oxidation sites excluding steroid dienone is 1. The number of thiazole rings is 1. The van der Waals surface area contributed by atoms with E-state index in [0.29, 0.717) is 37.8 Å². The number of nitro groups is 1. The summed E-state index contributed by atoms with van der Waals surface area (Å²) in [5.74, 6) is 1.03.